The number of anilines is 1. The summed E-state index contributed by atoms with van der Waals surface area (Å²) in [5, 5.41) is 5.76. The lowest BCUT2D eigenvalue weighted by atomic mass is 9.89. The number of thioether (sulfide) groups is 1. The number of aromatic nitrogens is 2. The summed E-state index contributed by atoms with van der Waals surface area (Å²) < 4.78 is 0. The first-order chi connectivity index (χ1) is 17.1. The molecule has 1 aliphatic rings. The van der Waals surface area contributed by atoms with Gasteiger partial charge in [-0.2, -0.15) is 0 Å². The van der Waals surface area contributed by atoms with E-state index in [2.05, 4.69) is 35.4 Å². The molecular formula is C28H29N3O2S2. The van der Waals surface area contributed by atoms with Crippen LogP contribution in [0.25, 0.3) is 21.3 Å². The molecule has 0 radical (unpaired) electrons. The van der Waals surface area contributed by atoms with E-state index in [0.29, 0.717) is 21.8 Å². The van der Waals surface area contributed by atoms with Crippen LogP contribution in [-0.4, -0.2) is 21.1 Å². The van der Waals surface area contributed by atoms with Gasteiger partial charge in [-0.3, -0.25) is 9.59 Å². The van der Waals surface area contributed by atoms with Gasteiger partial charge in [0.05, 0.1) is 10.6 Å². The van der Waals surface area contributed by atoms with E-state index < -0.39 is 0 Å². The summed E-state index contributed by atoms with van der Waals surface area (Å²) in [6.45, 7) is 4.07. The van der Waals surface area contributed by atoms with E-state index in [-0.39, 0.29) is 16.7 Å². The number of hydrogen-bond donors (Lipinski definition) is 2. The zero-order valence-corrected chi connectivity index (χ0v) is 21.7. The van der Waals surface area contributed by atoms with Crippen LogP contribution >= 0.6 is 23.1 Å². The predicted molar refractivity (Wildman–Crippen MR) is 147 cm³/mol. The molecule has 2 heterocycles. The topological polar surface area (TPSA) is 74.8 Å². The third-order valence-electron chi connectivity index (χ3n) is 6.63. The van der Waals surface area contributed by atoms with Crippen LogP contribution in [0, 0.1) is 0 Å². The quantitative estimate of drug-likeness (QED) is 0.220. The Morgan fingerprint density at radius 1 is 1.11 bits per heavy atom. The number of thiophene rings is 1. The number of amides is 1. The molecule has 1 aliphatic carbocycles. The van der Waals surface area contributed by atoms with Crippen molar-refractivity contribution in [2.75, 3.05) is 5.32 Å². The van der Waals surface area contributed by atoms with E-state index in [1.807, 2.05) is 36.6 Å². The number of hydrogen-bond acceptors (Lipinski definition) is 5. The first-order valence-corrected chi connectivity index (χ1v) is 14.0. The average molecular weight is 504 g/mol. The maximum absolute atomic E-state index is 13.1. The van der Waals surface area contributed by atoms with Gasteiger partial charge in [0.2, 0.25) is 5.91 Å². The highest BCUT2D eigenvalue weighted by molar-refractivity contribution is 8.00. The number of fused-ring (bicyclic) bond motifs is 2. The summed E-state index contributed by atoms with van der Waals surface area (Å²) in [5.74, 6) is -0.0922. The van der Waals surface area contributed by atoms with Gasteiger partial charge in [0.1, 0.15) is 4.83 Å². The molecule has 2 N–H and O–H groups in total. The number of H-pyrrole nitrogens is 1. The molecule has 5 rings (SSSR count). The zero-order chi connectivity index (χ0) is 24.4. The number of rotatable bonds is 7. The Bertz CT molecular complexity index is 1420. The Labute approximate surface area is 213 Å². The molecule has 0 saturated carbocycles. The Morgan fingerprint density at radius 3 is 2.63 bits per heavy atom. The number of aromatic amines is 1. The fourth-order valence-electron chi connectivity index (χ4n) is 4.60. The molecule has 4 aromatic rings. The van der Waals surface area contributed by atoms with Crippen molar-refractivity contribution < 1.29 is 4.79 Å². The van der Waals surface area contributed by atoms with Gasteiger partial charge in [-0.15, -0.1) is 11.3 Å². The van der Waals surface area contributed by atoms with Crippen molar-refractivity contribution in [1.82, 2.24) is 9.97 Å². The van der Waals surface area contributed by atoms with Crippen LogP contribution in [0.5, 0.6) is 0 Å². The lowest BCUT2D eigenvalue weighted by Gasteiger charge is -2.16. The fraction of sp³-hybridized carbons (Fsp3) is 0.321. The summed E-state index contributed by atoms with van der Waals surface area (Å²) in [4.78, 5) is 34.4. The maximum Gasteiger partial charge on any atom is 0.260 e. The standard InChI is InChI=1S/C28H29N3O2S2/c1-3-17-9-13-21(14-10-17)29-25(32)23(4-2)35-28-30-26(33)24-22(16-34-27(24)31-28)20-12-11-18-7-5-6-8-19(18)15-20/h9-16,23H,3-8H2,1-2H3,(H,29,32)(H,30,31,33). The lowest BCUT2D eigenvalue weighted by Crippen LogP contribution is -2.25. The summed E-state index contributed by atoms with van der Waals surface area (Å²) in [7, 11) is 0. The number of benzene rings is 2. The summed E-state index contributed by atoms with van der Waals surface area (Å²) in [6.07, 6.45) is 6.29. The molecule has 1 unspecified atom stereocenters. The summed E-state index contributed by atoms with van der Waals surface area (Å²) in [5.41, 5.74) is 6.67. The highest BCUT2D eigenvalue weighted by atomic mass is 32.2. The highest BCUT2D eigenvalue weighted by Crippen LogP contribution is 2.34. The van der Waals surface area contributed by atoms with Crippen molar-refractivity contribution in [1.29, 1.82) is 0 Å². The van der Waals surface area contributed by atoms with Crippen LogP contribution in [0.1, 0.15) is 49.8 Å². The van der Waals surface area contributed by atoms with Crippen LogP contribution in [0.4, 0.5) is 5.69 Å². The molecule has 1 atom stereocenters. The normalized spacial score (nSPS) is 14.0. The molecule has 0 bridgehead atoms. The first kappa shape index (κ1) is 23.8. The number of carbonyl (C=O) groups is 1. The van der Waals surface area contributed by atoms with Gasteiger partial charge in [-0.1, -0.05) is 55.9 Å². The smallest absolute Gasteiger partial charge is 0.260 e. The number of nitrogens with zero attached hydrogens (tertiary/aromatic N) is 1. The molecule has 7 heteroatoms. The molecule has 0 fully saturated rings. The van der Waals surface area contributed by atoms with E-state index in [0.717, 1.165) is 36.1 Å². The van der Waals surface area contributed by atoms with E-state index in [9.17, 15) is 9.59 Å². The summed E-state index contributed by atoms with van der Waals surface area (Å²) in [6, 6.07) is 14.5. The van der Waals surface area contributed by atoms with Crippen molar-refractivity contribution in [3.63, 3.8) is 0 Å². The number of aryl methyl sites for hydroxylation is 3. The second-order valence-corrected chi connectivity index (χ2v) is 11.0. The molecule has 2 aromatic carbocycles. The van der Waals surface area contributed by atoms with Crippen LogP contribution in [0.3, 0.4) is 0 Å². The molecular weight excluding hydrogens is 474 g/mol. The van der Waals surface area contributed by atoms with Crippen LogP contribution in [-0.2, 0) is 24.1 Å². The molecule has 35 heavy (non-hydrogen) atoms. The second kappa shape index (κ2) is 10.4. The Hall–Kier alpha value is -2.90. The van der Waals surface area contributed by atoms with E-state index in [1.54, 1.807) is 0 Å². The SMILES string of the molecule is CCc1ccc(NC(=O)C(CC)Sc2nc3scc(-c4ccc5c(c4)CCCC5)c3c(=O)[nH]2)cc1. The van der Waals surface area contributed by atoms with Gasteiger partial charge < -0.3 is 10.3 Å². The third kappa shape index (κ3) is 5.07. The van der Waals surface area contributed by atoms with Crippen LogP contribution < -0.4 is 10.9 Å². The van der Waals surface area contributed by atoms with Gasteiger partial charge in [0, 0.05) is 16.6 Å². The Kier molecular flexibility index (Phi) is 7.07. The minimum absolute atomic E-state index is 0.0922. The monoisotopic (exact) mass is 503 g/mol. The van der Waals surface area contributed by atoms with Gasteiger partial charge in [0.25, 0.3) is 5.56 Å². The van der Waals surface area contributed by atoms with Crippen molar-refractivity contribution in [2.24, 2.45) is 0 Å². The minimum atomic E-state index is -0.360. The van der Waals surface area contributed by atoms with E-state index >= 15 is 0 Å². The highest BCUT2D eigenvalue weighted by Gasteiger charge is 2.21. The average Bonchev–Trinajstić information content (AvgIpc) is 3.32. The minimum Gasteiger partial charge on any atom is -0.325 e. The van der Waals surface area contributed by atoms with Crippen molar-refractivity contribution in [3.05, 3.63) is 74.9 Å². The number of nitrogens with one attached hydrogen (secondary N) is 2. The molecule has 0 saturated heterocycles. The molecule has 180 valence electrons. The van der Waals surface area contributed by atoms with Crippen LogP contribution in [0.2, 0.25) is 0 Å². The molecule has 0 aliphatic heterocycles. The summed E-state index contributed by atoms with van der Waals surface area (Å²) >= 11 is 2.78. The molecule has 2 aromatic heterocycles. The molecule has 0 spiro atoms. The van der Waals surface area contributed by atoms with Gasteiger partial charge in [0.15, 0.2) is 5.16 Å². The number of carbonyl (C=O) groups excluding carboxylic acids is 1. The largest absolute Gasteiger partial charge is 0.325 e. The molecule has 1 amide bonds. The van der Waals surface area contributed by atoms with E-state index in [1.165, 1.54) is 52.6 Å². The fourth-order valence-corrected chi connectivity index (χ4v) is 6.51. The van der Waals surface area contributed by atoms with Gasteiger partial charge in [-0.05, 0) is 72.9 Å². The predicted octanol–water partition coefficient (Wildman–Crippen LogP) is 6.60. The Morgan fingerprint density at radius 2 is 1.89 bits per heavy atom. The third-order valence-corrected chi connectivity index (χ3v) is 8.75. The molecule has 5 nitrogen and oxygen atoms in total. The van der Waals surface area contributed by atoms with E-state index in [4.69, 9.17) is 4.98 Å². The Balaban J connectivity index is 1.37. The van der Waals surface area contributed by atoms with Crippen molar-refractivity contribution >= 4 is 44.9 Å². The lowest BCUT2D eigenvalue weighted by molar-refractivity contribution is -0.115. The van der Waals surface area contributed by atoms with Crippen molar-refractivity contribution in [2.45, 2.75) is 62.8 Å². The first-order valence-electron chi connectivity index (χ1n) is 12.3. The second-order valence-electron chi connectivity index (χ2n) is 8.95. The van der Waals surface area contributed by atoms with Gasteiger partial charge in [-0.25, -0.2) is 4.98 Å². The maximum atomic E-state index is 13.1. The van der Waals surface area contributed by atoms with Crippen LogP contribution in [0.15, 0.2) is 57.8 Å². The van der Waals surface area contributed by atoms with Crippen molar-refractivity contribution in [3.8, 4) is 11.1 Å². The zero-order valence-electron chi connectivity index (χ0n) is 20.0. The van der Waals surface area contributed by atoms with Gasteiger partial charge >= 0.3 is 0 Å².